The molecule has 0 saturated carbocycles. The Balaban J connectivity index is 1.70. The first-order valence-corrected chi connectivity index (χ1v) is 16.1. The third-order valence-electron chi connectivity index (χ3n) is 7.24. The van der Waals surface area contributed by atoms with E-state index in [1.807, 2.05) is 74.5 Å². The smallest absolute Gasteiger partial charge is 0.407 e. The van der Waals surface area contributed by atoms with Crippen LogP contribution in [0.25, 0.3) is 0 Å². The summed E-state index contributed by atoms with van der Waals surface area (Å²) >= 11 is 0. The molecular formula is C33H42FN3O6S. The number of rotatable bonds is 16. The molecule has 3 aromatic rings. The molecule has 0 fully saturated rings. The molecule has 2 unspecified atom stereocenters. The van der Waals surface area contributed by atoms with Crippen molar-refractivity contribution in [1.29, 1.82) is 0 Å². The van der Waals surface area contributed by atoms with E-state index in [0.717, 1.165) is 23.3 Å². The normalized spacial score (nSPS) is 13.1. The summed E-state index contributed by atoms with van der Waals surface area (Å²) in [4.78, 5) is 25.8. The summed E-state index contributed by atoms with van der Waals surface area (Å²) in [6.07, 6.45) is 0.621. The van der Waals surface area contributed by atoms with Crippen molar-refractivity contribution in [2.75, 3.05) is 26.8 Å². The zero-order valence-corrected chi connectivity index (χ0v) is 26.2. The summed E-state index contributed by atoms with van der Waals surface area (Å²) < 4.78 is 46.4. The van der Waals surface area contributed by atoms with Gasteiger partial charge >= 0.3 is 6.09 Å². The fourth-order valence-electron chi connectivity index (χ4n) is 5.08. The van der Waals surface area contributed by atoms with Crippen LogP contribution < -0.4 is 10.6 Å². The molecule has 0 aliphatic rings. The van der Waals surface area contributed by atoms with E-state index >= 15 is 0 Å². The number of aliphatic hydroxyl groups is 1. The number of halogens is 1. The lowest BCUT2D eigenvalue weighted by Gasteiger charge is -2.31. The molecule has 0 saturated heterocycles. The van der Waals surface area contributed by atoms with E-state index < -0.39 is 45.8 Å². The molecule has 9 nitrogen and oxygen atoms in total. The van der Waals surface area contributed by atoms with Gasteiger partial charge in [0, 0.05) is 25.0 Å². The average molecular weight is 628 g/mol. The number of amides is 2. The molecule has 0 aromatic heterocycles. The number of aliphatic hydroxyl groups excluding tert-OH is 1. The molecule has 0 radical (unpaired) electrons. The lowest BCUT2D eigenvalue weighted by Crippen LogP contribution is -2.50. The van der Waals surface area contributed by atoms with Gasteiger partial charge in [0.25, 0.3) is 0 Å². The Morgan fingerprint density at radius 3 is 1.98 bits per heavy atom. The van der Waals surface area contributed by atoms with Gasteiger partial charge in [-0.25, -0.2) is 17.6 Å². The first-order valence-electron chi connectivity index (χ1n) is 14.7. The third-order valence-corrected chi connectivity index (χ3v) is 9.17. The maximum Gasteiger partial charge on any atom is 0.407 e. The highest BCUT2D eigenvalue weighted by Gasteiger charge is 2.33. The number of carbonyl (C=O) groups is 2. The molecule has 0 aliphatic heterocycles. The SMILES string of the molecule is COC(=O)NC(C(=O)NCCCCC(CO)N(CC(C)C)S(=O)(=O)c1ccc(F)cc1)C(c1ccccc1)c1ccccc1. The lowest BCUT2D eigenvalue weighted by molar-refractivity contribution is -0.123. The highest BCUT2D eigenvalue weighted by molar-refractivity contribution is 7.89. The van der Waals surface area contributed by atoms with Gasteiger partial charge in [0.05, 0.1) is 18.6 Å². The fourth-order valence-corrected chi connectivity index (χ4v) is 6.89. The van der Waals surface area contributed by atoms with Gasteiger partial charge < -0.3 is 20.5 Å². The van der Waals surface area contributed by atoms with Crippen LogP contribution in [0.3, 0.4) is 0 Å². The van der Waals surface area contributed by atoms with Crippen LogP contribution in [-0.4, -0.2) is 68.7 Å². The summed E-state index contributed by atoms with van der Waals surface area (Å²) in [6, 6.07) is 21.8. The predicted molar refractivity (Wildman–Crippen MR) is 167 cm³/mol. The maximum atomic E-state index is 13.5. The monoisotopic (exact) mass is 627 g/mol. The summed E-state index contributed by atoms with van der Waals surface area (Å²) in [7, 11) is -2.75. The number of nitrogens with zero attached hydrogens (tertiary/aromatic N) is 1. The Morgan fingerprint density at radius 1 is 0.909 bits per heavy atom. The minimum atomic E-state index is -3.98. The second-order valence-electron chi connectivity index (χ2n) is 11.0. The first-order chi connectivity index (χ1) is 21.1. The van der Waals surface area contributed by atoms with Gasteiger partial charge in [0.1, 0.15) is 11.9 Å². The molecule has 44 heavy (non-hydrogen) atoms. The summed E-state index contributed by atoms with van der Waals surface area (Å²) in [5.74, 6) is -1.44. The maximum absolute atomic E-state index is 13.5. The number of alkyl carbamates (subject to hydrolysis) is 1. The summed E-state index contributed by atoms with van der Waals surface area (Å²) in [5, 5.41) is 15.8. The fraction of sp³-hybridized carbons (Fsp3) is 0.394. The highest BCUT2D eigenvalue weighted by Crippen LogP contribution is 2.29. The minimum absolute atomic E-state index is 0.0139. The number of methoxy groups -OCH3 is 1. The standard InChI is InChI=1S/C33H42FN3O6S/c1-24(2)22-37(44(41,42)29-19-17-27(34)18-20-29)28(23-38)16-10-11-21-35-32(39)31(36-33(40)43-3)30(25-12-6-4-7-13-25)26-14-8-5-9-15-26/h4-9,12-15,17-20,24,28,30-31,38H,10-11,16,21-23H2,1-3H3,(H,35,39)(H,36,40). The van der Waals surface area contributed by atoms with Gasteiger partial charge in [-0.1, -0.05) is 80.9 Å². The van der Waals surface area contributed by atoms with Crippen molar-refractivity contribution < 1.29 is 32.2 Å². The molecule has 3 N–H and O–H groups in total. The topological polar surface area (TPSA) is 125 Å². The highest BCUT2D eigenvalue weighted by atomic mass is 32.2. The number of benzene rings is 3. The lowest BCUT2D eigenvalue weighted by atomic mass is 9.84. The Hall–Kier alpha value is -3.80. The van der Waals surface area contributed by atoms with Gasteiger partial charge in [-0.05, 0) is 54.2 Å². The van der Waals surface area contributed by atoms with Crippen molar-refractivity contribution in [3.63, 3.8) is 0 Å². The second-order valence-corrected chi connectivity index (χ2v) is 12.8. The molecule has 0 heterocycles. The zero-order valence-electron chi connectivity index (χ0n) is 25.4. The minimum Gasteiger partial charge on any atom is -0.453 e. The van der Waals surface area contributed by atoms with Crippen LogP contribution in [0.2, 0.25) is 0 Å². The number of hydrogen-bond donors (Lipinski definition) is 3. The summed E-state index contributed by atoms with van der Waals surface area (Å²) in [6.45, 7) is 3.83. The first kappa shape index (κ1) is 34.7. The van der Waals surface area contributed by atoms with Crippen LogP contribution in [0, 0.1) is 11.7 Å². The molecule has 238 valence electrons. The van der Waals surface area contributed by atoms with E-state index in [1.165, 1.54) is 23.5 Å². The quantitative estimate of drug-likeness (QED) is 0.198. The number of carbonyl (C=O) groups excluding carboxylic acids is 2. The van der Waals surface area contributed by atoms with Crippen LogP contribution in [0.1, 0.15) is 50.2 Å². The van der Waals surface area contributed by atoms with Crippen LogP contribution in [0.4, 0.5) is 9.18 Å². The summed E-state index contributed by atoms with van der Waals surface area (Å²) in [5.41, 5.74) is 1.68. The number of nitrogens with one attached hydrogen (secondary N) is 2. The molecule has 11 heteroatoms. The number of ether oxygens (including phenoxy) is 1. The van der Waals surface area contributed by atoms with Crippen molar-refractivity contribution in [2.24, 2.45) is 5.92 Å². The molecule has 2 amide bonds. The average Bonchev–Trinajstić information content (AvgIpc) is 3.02. The third kappa shape index (κ3) is 9.60. The number of sulfonamides is 1. The molecule has 0 aliphatic carbocycles. The Kier molecular flexibility index (Phi) is 13.3. The molecule has 3 rings (SSSR count). The molecular weight excluding hydrogens is 585 g/mol. The van der Waals surface area contributed by atoms with Crippen molar-refractivity contribution in [1.82, 2.24) is 14.9 Å². The number of unbranched alkanes of at least 4 members (excludes halogenated alkanes) is 1. The van der Waals surface area contributed by atoms with Crippen LogP contribution in [-0.2, 0) is 19.6 Å². The van der Waals surface area contributed by atoms with Crippen LogP contribution >= 0.6 is 0 Å². The van der Waals surface area contributed by atoms with Crippen molar-refractivity contribution in [3.05, 3.63) is 102 Å². The van der Waals surface area contributed by atoms with Crippen molar-refractivity contribution in [2.45, 2.75) is 56.0 Å². The molecule has 0 bridgehead atoms. The Labute approximate surface area is 259 Å². The van der Waals surface area contributed by atoms with Crippen LogP contribution in [0.5, 0.6) is 0 Å². The van der Waals surface area contributed by atoms with E-state index in [2.05, 4.69) is 10.6 Å². The zero-order chi connectivity index (χ0) is 32.1. The van der Waals surface area contributed by atoms with E-state index in [4.69, 9.17) is 4.74 Å². The van der Waals surface area contributed by atoms with Gasteiger partial charge in [-0.3, -0.25) is 4.79 Å². The number of hydrogen-bond acceptors (Lipinski definition) is 6. The molecule has 3 aromatic carbocycles. The second kappa shape index (κ2) is 16.9. The van der Waals surface area contributed by atoms with Gasteiger partial charge in [0.2, 0.25) is 15.9 Å². The van der Waals surface area contributed by atoms with Gasteiger partial charge in [0.15, 0.2) is 0 Å². The van der Waals surface area contributed by atoms with E-state index in [9.17, 15) is 27.5 Å². The van der Waals surface area contributed by atoms with Crippen molar-refractivity contribution >= 4 is 22.0 Å². The molecule has 0 spiro atoms. The Morgan fingerprint density at radius 2 is 1.48 bits per heavy atom. The van der Waals surface area contributed by atoms with Crippen LogP contribution in [0.15, 0.2) is 89.8 Å². The Bertz CT molecular complexity index is 1380. The van der Waals surface area contributed by atoms with Crippen molar-refractivity contribution in [3.8, 4) is 0 Å². The van der Waals surface area contributed by atoms with E-state index in [0.29, 0.717) is 19.3 Å². The van der Waals surface area contributed by atoms with Gasteiger partial charge in [-0.15, -0.1) is 0 Å². The van der Waals surface area contributed by atoms with E-state index in [1.54, 1.807) is 0 Å². The predicted octanol–water partition coefficient (Wildman–Crippen LogP) is 4.68. The largest absolute Gasteiger partial charge is 0.453 e. The van der Waals surface area contributed by atoms with Gasteiger partial charge in [-0.2, -0.15) is 4.31 Å². The molecule has 2 atom stereocenters. The van der Waals surface area contributed by atoms with E-state index in [-0.39, 0.29) is 30.5 Å².